The molecule has 4 rings (SSSR count). The number of rotatable bonds is 3. The fourth-order valence-corrected chi connectivity index (χ4v) is 4.55. The highest BCUT2D eigenvalue weighted by Gasteiger charge is 2.40. The van der Waals surface area contributed by atoms with Crippen LogP contribution in [0.25, 0.3) is 10.8 Å². The Bertz CT molecular complexity index is 732. The van der Waals surface area contributed by atoms with Gasteiger partial charge in [0.2, 0.25) is 0 Å². The van der Waals surface area contributed by atoms with Crippen LogP contribution in [-0.4, -0.2) is 47.8 Å². The van der Waals surface area contributed by atoms with Crippen molar-refractivity contribution in [2.24, 2.45) is 0 Å². The summed E-state index contributed by atoms with van der Waals surface area (Å²) in [4.78, 5) is 14.3. The summed E-state index contributed by atoms with van der Waals surface area (Å²) in [5, 5.41) is 2.30. The van der Waals surface area contributed by atoms with E-state index in [9.17, 15) is 4.79 Å². The van der Waals surface area contributed by atoms with E-state index in [0.717, 1.165) is 49.4 Å². The van der Waals surface area contributed by atoms with E-state index < -0.39 is 0 Å². The Morgan fingerprint density at radius 1 is 1.17 bits per heavy atom. The van der Waals surface area contributed by atoms with Crippen molar-refractivity contribution < 1.29 is 14.3 Å². The predicted octanol–water partition coefficient (Wildman–Crippen LogP) is 3.30. The number of ether oxygens (including phenoxy) is 2. The quantitative estimate of drug-likeness (QED) is 0.857. The van der Waals surface area contributed by atoms with Gasteiger partial charge in [0.05, 0.1) is 6.61 Å². The molecule has 2 aromatic carbocycles. The van der Waals surface area contributed by atoms with Crippen molar-refractivity contribution in [1.29, 1.82) is 0 Å². The minimum Gasteiger partial charge on any atom is -0.484 e. The summed E-state index contributed by atoms with van der Waals surface area (Å²) >= 11 is 1.90. The fraction of sp³-hybridized carbons (Fsp3) is 0.421. The number of thioether (sulfide) groups is 1. The lowest BCUT2D eigenvalue weighted by Gasteiger charge is -2.37. The lowest BCUT2D eigenvalue weighted by Crippen LogP contribution is -2.46. The highest BCUT2D eigenvalue weighted by molar-refractivity contribution is 8.00. The first kappa shape index (κ1) is 15.8. The molecule has 0 bridgehead atoms. The van der Waals surface area contributed by atoms with Gasteiger partial charge in [0, 0.05) is 31.7 Å². The molecule has 0 N–H and O–H groups in total. The van der Waals surface area contributed by atoms with Gasteiger partial charge in [0.1, 0.15) is 10.7 Å². The monoisotopic (exact) mass is 343 g/mol. The van der Waals surface area contributed by atoms with E-state index in [2.05, 4.69) is 6.07 Å². The number of likely N-dealkylation sites (tertiary alicyclic amines) is 1. The normalized spacial score (nSPS) is 19.8. The molecule has 5 heteroatoms. The molecule has 0 aliphatic carbocycles. The van der Waals surface area contributed by atoms with Crippen LogP contribution in [0.3, 0.4) is 0 Å². The van der Waals surface area contributed by atoms with Crippen molar-refractivity contribution in [2.45, 2.75) is 17.8 Å². The van der Waals surface area contributed by atoms with Crippen molar-refractivity contribution in [2.75, 3.05) is 32.1 Å². The smallest absolute Gasteiger partial charge is 0.260 e. The molecule has 2 heterocycles. The van der Waals surface area contributed by atoms with E-state index in [1.165, 1.54) is 5.39 Å². The van der Waals surface area contributed by atoms with E-state index in [-0.39, 0.29) is 17.4 Å². The van der Waals surface area contributed by atoms with Crippen molar-refractivity contribution in [3.05, 3.63) is 42.5 Å². The van der Waals surface area contributed by atoms with Gasteiger partial charge in [-0.15, -0.1) is 11.8 Å². The van der Waals surface area contributed by atoms with Crippen molar-refractivity contribution >= 4 is 28.4 Å². The molecule has 2 fully saturated rings. The molecule has 1 spiro atoms. The number of hydrogen-bond acceptors (Lipinski definition) is 4. The molecule has 2 aromatic rings. The number of hydrogen-bond donors (Lipinski definition) is 0. The largest absolute Gasteiger partial charge is 0.484 e. The molecule has 0 saturated carbocycles. The molecule has 4 nitrogen and oxygen atoms in total. The molecule has 0 radical (unpaired) electrons. The molecule has 1 amide bonds. The van der Waals surface area contributed by atoms with Gasteiger partial charge in [-0.25, -0.2) is 0 Å². The summed E-state index contributed by atoms with van der Waals surface area (Å²) in [5.74, 6) is 1.87. The Morgan fingerprint density at radius 3 is 2.71 bits per heavy atom. The maximum atomic E-state index is 12.4. The zero-order valence-corrected chi connectivity index (χ0v) is 14.4. The molecule has 2 aliphatic rings. The molecule has 0 aromatic heterocycles. The van der Waals surface area contributed by atoms with Gasteiger partial charge in [0.25, 0.3) is 5.91 Å². The van der Waals surface area contributed by atoms with E-state index >= 15 is 0 Å². The molecular weight excluding hydrogens is 322 g/mol. The number of carbonyl (C=O) groups is 1. The number of amides is 1. The second-order valence-corrected chi connectivity index (χ2v) is 7.73. The van der Waals surface area contributed by atoms with Crippen LogP contribution in [0.4, 0.5) is 0 Å². The van der Waals surface area contributed by atoms with Crippen LogP contribution in [0.2, 0.25) is 0 Å². The number of fused-ring (bicyclic) bond motifs is 1. The average molecular weight is 343 g/mol. The Hall–Kier alpha value is -1.72. The van der Waals surface area contributed by atoms with Crippen LogP contribution in [0, 0.1) is 0 Å². The van der Waals surface area contributed by atoms with Crippen molar-refractivity contribution in [3.8, 4) is 5.75 Å². The molecular formula is C19H21NO3S. The van der Waals surface area contributed by atoms with E-state index in [0.29, 0.717) is 0 Å². The topological polar surface area (TPSA) is 38.8 Å². The van der Waals surface area contributed by atoms with Crippen LogP contribution in [0.5, 0.6) is 5.75 Å². The third kappa shape index (κ3) is 3.23. The predicted molar refractivity (Wildman–Crippen MR) is 96.4 cm³/mol. The summed E-state index contributed by atoms with van der Waals surface area (Å²) in [7, 11) is 0. The highest BCUT2D eigenvalue weighted by atomic mass is 32.2. The lowest BCUT2D eigenvalue weighted by atomic mass is 10.1. The number of carbonyl (C=O) groups excluding carboxylic acids is 1. The summed E-state index contributed by atoms with van der Waals surface area (Å²) < 4.78 is 11.6. The third-order valence-corrected chi connectivity index (χ3v) is 6.20. The number of nitrogens with zero attached hydrogens (tertiary/aromatic N) is 1. The number of benzene rings is 2. The van der Waals surface area contributed by atoms with Gasteiger partial charge < -0.3 is 14.4 Å². The van der Waals surface area contributed by atoms with Gasteiger partial charge in [0.15, 0.2) is 6.61 Å². The number of piperidine rings is 1. The highest BCUT2D eigenvalue weighted by Crippen LogP contribution is 2.41. The standard InChI is InChI=1S/C19H21NO3S/c21-18(20-9-7-19(8-10-20)23-11-12-24-19)14-22-17-6-5-15-3-1-2-4-16(15)13-17/h1-6,13H,7-12,14H2. The van der Waals surface area contributed by atoms with E-state index in [1.54, 1.807) is 0 Å². The molecule has 0 unspecified atom stereocenters. The van der Waals surface area contributed by atoms with E-state index in [4.69, 9.17) is 9.47 Å². The lowest BCUT2D eigenvalue weighted by molar-refractivity contribution is -0.136. The Morgan fingerprint density at radius 2 is 1.96 bits per heavy atom. The zero-order chi connectivity index (χ0) is 16.4. The zero-order valence-electron chi connectivity index (χ0n) is 13.6. The second kappa shape index (κ2) is 6.65. The molecule has 2 saturated heterocycles. The Labute approximate surface area is 146 Å². The van der Waals surface area contributed by atoms with Crippen molar-refractivity contribution in [1.82, 2.24) is 4.90 Å². The van der Waals surface area contributed by atoms with Gasteiger partial charge in [-0.1, -0.05) is 30.3 Å². The summed E-state index contributed by atoms with van der Waals surface area (Å²) in [6.45, 7) is 2.45. The Kier molecular flexibility index (Phi) is 4.37. The SMILES string of the molecule is O=C(COc1ccc2ccccc2c1)N1CCC2(CC1)OCCS2. The maximum Gasteiger partial charge on any atom is 0.260 e. The van der Waals surface area contributed by atoms with Crippen molar-refractivity contribution in [3.63, 3.8) is 0 Å². The van der Waals surface area contributed by atoms with Gasteiger partial charge in [-0.3, -0.25) is 4.79 Å². The van der Waals surface area contributed by atoms with Gasteiger partial charge in [-0.2, -0.15) is 0 Å². The fourth-order valence-electron chi connectivity index (χ4n) is 3.38. The van der Waals surface area contributed by atoms with Crippen LogP contribution in [-0.2, 0) is 9.53 Å². The summed E-state index contributed by atoms with van der Waals surface area (Å²) in [6, 6.07) is 14.1. The first-order chi connectivity index (χ1) is 11.7. The van der Waals surface area contributed by atoms with E-state index in [1.807, 2.05) is 53.1 Å². The summed E-state index contributed by atoms with van der Waals surface area (Å²) in [5.41, 5.74) is 0. The molecule has 126 valence electrons. The summed E-state index contributed by atoms with van der Waals surface area (Å²) in [6.07, 6.45) is 1.83. The minimum absolute atomic E-state index is 0.0318. The average Bonchev–Trinajstić information content (AvgIpc) is 3.08. The molecule has 2 aliphatic heterocycles. The first-order valence-corrected chi connectivity index (χ1v) is 9.40. The second-order valence-electron chi connectivity index (χ2n) is 6.29. The van der Waals surface area contributed by atoms with Gasteiger partial charge in [-0.05, 0) is 22.9 Å². The minimum atomic E-state index is -0.0318. The van der Waals surface area contributed by atoms with Crippen LogP contribution in [0.1, 0.15) is 12.8 Å². The van der Waals surface area contributed by atoms with Crippen LogP contribution < -0.4 is 4.74 Å². The first-order valence-electron chi connectivity index (χ1n) is 8.41. The van der Waals surface area contributed by atoms with Crippen LogP contribution in [0.15, 0.2) is 42.5 Å². The maximum absolute atomic E-state index is 12.4. The third-order valence-electron chi connectivity index (χ3n) is 4.77. The van der Waals surface area contributed by atoms with Gasteiger partial charge >= 0.3 is 0 Å². The molecule has 0 atom stereocenters. The molecule has 24 heavy (non-hydrogen) atoms. The Balaban J connectivity index is 1.33. The van der Waals surface area contributed by atoms with Crippen LogP contribution >= 0.6 is 11.8 Å².